The summed E-state index contributed by atoms with van der Waals surface area (Å²) >= 11 is 0. The highest BCUT2D eigenvalue weighted by atomic mass is 16.3. The highest BCUT2D eigenvalue weighted by molar-refractivity contribution is 5.07. The van der Waals surface area contributed by atoms with Gasteiger partial charge in [-0.05, 0) is 31.1 Å². The molecule has 0 bridgehead atoms. The Hall–Kier alpha value is -0.0800. The van der Waals surface area contributed by atoms with Crippen LogP contribution in [0.4, 0.5) is 0 Å². The van der Waals surface area contributed by atoms with E-state index in [1.807, 2.05) is 0 Å². The molecule has 0 heterocycles. The van der Waals surface area contributed by atoms with Crippen LogP contribution in [0.2, 0.25) is 0 Å². The van der Waals surface area contributed by atoms with E-state index in [9.17, 15) is 5.11 Å². The second kappa shape index (κ2) is 3.25. The first-order chi connectivity index (χ1) is 6.20. The van der Waals surface area contributed by atoms with Crippen molar-refractivity contribution in [3.05, 3.63) is 0 Å². The summed E-state index contributed by atoms with van der Waals surface area (Å²) < 4.78 is 0. The lowest BCUT2D eigenvalue weighted by Gasteiger charge is -2.27. The molecule has 2 heteroatoms. The van der Waals surface area contributed by atoms with Crippen LogP contribution in [0.3, 0.4) is 0 Å². The summed E-state index contributed by atoms with van der Waals surface area (Å²) in [6.45, 7) is 2.89. The Morgan fingerprint density at radius 3 is 2.38 bits per heavy atom. The van der Waals surface area contributed by atoms with Crippen molar-refractivity contribution in [3.63, 3.8) is 0 Å². The maximum atomic E-state index is 10.2. The van der Waals surface area contributed by atoms with Gasteiger partial charge in [0.25, 0.3) is 0 Å². The molecule has 0 aliphatic heterocycles. The maximum absolute atomic E-state index is 10.2. The van der Waals surface area contributed by atoms with Gasteiger partial charge in [-0.3, -0.25) is 0 Å². The molecule has 2 rings (SSSR count). The Balaban J connectivity index is 1.99. The minimum absolute atomic E-state index is 0.106. The minimum atomic E-state index is -0.116. The molecule has 0 aromatic carbocycles. The average molecular weight is 183 g/mol. The van der Waals surface area contributed by atoms with E-state index in [1.165, 1.54) is 25.7 Å². The van der Waals surface area contributed by atoms with Crippen molar-refractivity contribution >= 4 is 0 Å². The summed E-state index contributed by atoms with van der Waals surface area (Å²) in [5.74, 6) is 1.20. The summed E-state index contributed by atoms with van der Waals surface area (Å²) in [6.07, 6.45) is 6.06. The molecule has 3 N–H and O–H groups in total. The van der Waals surface area contributed by atoms with E-state index in [1.54, 1.807) is 0 Å². The summed E-state index contributed by atoms with van der Waals surface area (Å²) in [7, 11) is 0. The molecule has 2 aliphatic carbocycles. The lowest BCUT2D eigenvalue weighted by Crippen LogP contribution is -2.36. The van der Waals surface area contributed by atoms with Gasteiger partial charge < -0.3 is 10.8 Å². The molecular formula is C11H21NO. The topological polar surface area (TPSA) is 46.2 Å². The quantitative estimate of drug-likeness (QED) is 0.697. The number of nitrogens with two attached hydrogens (primary N) is 1. The molecular weight excluding hydrogens is 162 g/mol. The molecule has 0 aromatic rings. The van der Waals surface area contributed by atoms with Crippen LogP contribution in [0.15, 0.2) is 0 Å². The Kier molecular flexibility index (Phi) is 2.37. The third kappa shape index (κ3) is 1.40. The van der Waals surface area contributed by atoms with Gasteiger partial charge in [-0.15, -0.1) is 0 Å². The van der Waals surface area contributed by atoms with Gasteiger partial charge in [-0.1, -0.05) is 19.8 Å². The summed E-state index contributed by atoms with van der Waals surface area (Å²) in [5.41, 5.74) is 5.87. The fourth-order valence-corrected chi connectivity index (χ4v) is 3.07. The zero-order valence-electron chi connectivity index (χ0n) is 8.50. The van der Waals surface area contributed by atoms with Crippen LogP contribution in [0.25, 0.3) is 0 Å². The standard InChI is InChI=1S/C11H21NO/c1-8-6-11(8,7-12)10(13)9-4-2-3-5-9/h8-10,13H,2-7,12H2,1H3/t8-,10+,11-/m1/s1. The number of rotatable bonds is 3. The first kappa shape index (κ1) is 9.47. The minimum Gasteiger partial charge on any atom is -0.392 e. The lowest BCUT2D eigenvalue weighted by molar-refractivity contribution is 0.0361. The van der Waals surface area contributed by atoms with E-state index in [0.29, 0.717) is 18.4 Å². The summed E-state index contributed by atoms with van der Waals surface area (Å²) in [5, 5.41) is 10.2. The van der Waals surface area contributed by atoms with E-state index in [4.69, 9.17) is 5.73 Å². The predicted molar refractivity (Wildman–Crippen MR) is 53.2 cm³/mol. The fraction of sp³-hybridized carbons (Fsp3) is 1.00. The van der Waals surface area contributed by atoms with Crippen molar-refractivity contribution in [2.75, 3.05) is 6.54 Å². The Labute approximate surface area is 80.5 Å². The van der Waals surface area contributed by atoms with Gasteiger partial charge in [0.05, 0.1) is 6.10 Å². The predicted octanol–water partition coefficient (Wildman–Crippen LogP) is 1.52. The maximum Gasteiger partial charge on any atom is 0.0639 e. The van der Waals surface area contributed by atoms with Crippen molar-refractivity contribution < 1.29 is 5.11 Å². The van der Waals surface area contributed by atoms with Crippen LogP contribution in [-0.2, 0) is 0 Å². The zero-order chi connectivity index (χ0) is 9.47. The van der Waals surface area contributed by atoms with Crippen molar-refractivity contribution in [2.24, 2.45) is 23.0 Å². The normalized spacial score (nSPS) is 42.2. The second-order valence-electron chi connectivity index (χ2n) is 5.03. The molecule has 0 radical (unpaired) electrons. The van der Waals surface area contributed by atoms with Crippen molar-refractivity contribution in [3.8, 4) is 0 Å². The van der Waals surface area contributed by atoms with Crippen LogP contribution in [0.5, 0.6) is 0 Å². The Morgan fingerprint density at radius 2 is 2.00 bits per heavy atom. The first-order valence-electron chi connectivity index (χ1n) is 5.59. The lowest BCUT2D eigenvalue weighted by atomic mass is 9.85. The van der Waals surface area contributed by atoms with Crippen molar-refractivity contribution in [1.82, 2.24) is 0 Å². The molecule has 76 valence electrons. The molecule has 2 aliphatic rings. The van der Waals surface area contributed by atoms with Crippen LogP contribution in [0.1, 0.15) is 39.0 Å². The van der Waals surface area contributed by atoms with Crippen molar-refractivity contribution in [1.29, 1.82) is 0 Å². The monoisotopic (exact) mass is 183 g/mol. The van der Waals surface area contributed by atoms with Crippen LogP contribution in [0, 0.1) is 17.3 Å². The van der Waals surface area contributed by atoms with Gasteiger partial charge in [-0.25, -0.2) is 0 Å². The van der Waals surface area contributed by atoms with Crippen molar-refractivity contribution in [2.45, 2.75) is 45.1 Å². The molecule has 0 unspecified atom stereocenters. The third-order valence-electron chi connectivity index (χ3n) is 4.32. The molecule has 0 amide bonds. The smallest absolute Gasteiger partial charge is 0.0639 e. The van der Waals surface area contributed by atoms with Crippen LogP contribution in [-0.4, -0.2) is 17.8 Å². The molecule has 2 nitrogen and oxygen atoms in total. The highest BCUT2D eigenvalue weighted by Gasteiger charge is 2.56. The first-order valence-corrected chi connectivity index (χ1v) is 5.59. The number of hydrogen-bond acceptors (Lipinski definition) is 2. The summed E-state index contributed by atoms with van der Waals surface area (Å²) in [6, 6.07) is 0. The largest absolute Gasteiger partial charge is 0.392 e. The number of aliphatic hydroxyl groups excluding tert-OH is 1. The van der Waals surface area contributed by atoms with Crippen LogP contribution >= 0.6 is 0 Å². The highest BCUT2D eigenvalue weighted by Crippen LogP contribution is 2.57. The van der Waals surface area contributed by atoms with E-state index in [-0.39, 0.29) is 11.5 Å². The van der Waals surface area contributed by atoms with E-state index >= 15 is 0 Å². The molecule has 0 saturated heterocycles. The summed E-state index contributed by atoms with van der Waals surface area (Å²) in [4.78, 5) is 0. The van der Waals surface area contributed by atoms with Crippen LogP contribution < -0.4 is 5.73 Å². The third-order valence-corrected chi connectivity index (χ3v) is 4.32. The second-order valence-corrected chi connectivity index (χ2v) is 5.03. The number of aliphatic hydroxyl groups is 1. The van der Waals surface area contributed by atoms with E-state index < -0.39 is 0 Å². The average Bonchev–Trinajstić information content (AvgIpc) is 2.62. The van der Waals surface area contributed by atoms with E-state index in [2.05, 4.69) is 6.92 Å². The SMILES string of the molecule is C[C@@H]1C[C@]1(CN)[C@@H](O)C1CCCC1. The van der Waals surface area contributed by atoms with Gasteiger partial charge in [0.1, 0.15) is 0 Å². The molecule has 13 heavy (non-hydrogen) atoms. The van der Waals surface area contributed by atoms with E-state index in [0.717, 1.165) is 6.42 Å². The Bertz CT molecular complexity index is 185. The molecule has 3 atom stereocenters. The van der Waals surface area contributed by atoms with Gasteiger partial charge in [0, 0.05) is 12.0 Å². The van der Waals surface area contributed by atoms with Gasteiger partial charge in [-0.2, -0.15) is 0 Å². The molecule has 0 spiro atoms. The van der Waals surface area contributed by atoms with Gasteiger partial charge in [0.15, 0.2) is 0 Å². The molecule has 2 saturated carbocycles. The molecule has 2 fully saturated rings. The Morgan fingerprint density at radius 1 is 1.46 bits per heavy atom. The zero-order valence-corrected chi connectivity index (χ0v) is 8.50. The fourth-order valence-electron chi connectivity index (χ4n) is 3.07. The van der Waals surface area contributed by atoms with Gasteiger partial charge >= 0.3 is 0 Å². The molecule has 0 aromatic heterocycles. The number of hydrogen-bond donors (Lipinski definition) is 2. The van der Waals surface area contributed by atoms with Gasteiger partial charge in [0.2, 0.25) is 0 Å².